The molecule has 1 rings (SSSR count). The Kier molecular flexibility index (Phi) is 5.65. The van der Waals surface area contributed by atoms with Gasteiger partial charge in [-0.1, -0.05) is 29.8 Å². The predicted molar refractivity (Wildman–Crippen MR) is 72.1 cm³/mol. The zero-order valence-corrected chi connectivity index (χ0v) is 12.1. The molecule has 0 bridgehead atoms. The molecule has 0 N–H and O–H groups in total. The van der Waals surface area contributed by atoms with E-state index >= 15 is 0 Å². The van der Waals surface area contributed by atoms with Gasteiger partial charge in [-0.05, 0) is 36.9 Å². The molecule has 0 radical (unpaired) electrons. The topological polar surface area (TPSA) is 29.5 Å². The summed E-state index contributed by atoms with van der Waals surface area (Å²) >= 11 is 3.43. The molecule has 1 aromatic rings. The Morgan fingerprint density at radius 2 is 2.00 bits per heavy atom. The van der Waals surface area contributed by atoms with E-state index in [-0.39, 0.29) is 5.97 Å². The van der Waals surface area contributed by atoms with Crippen LogP contribution in [0.2, 0.25) is 0 Å². The van der Waals surface area contributed by atoms with Crippen LogP contribution in [-0.4, -0.2) is 31.1 Å². The largest absolute Gasteiger partial charge is 0.465 e. The minimum absolute atomic E-state index is 0.278. The van der Waals surface area contributed by atoms with Gasteiger partial charge < -0.3 is 4.74 Å². The van der Waals surface area contributed by atoms with Crippen LogP contribution >= 0.6 is 15.9 Å². The van der Waals surface area contributed by atoms with Crippen molar-refractivity contribution >= 4 is 21.9 Å². The zero-order chi connectivity index (χ0) is 12.8. The van der Waals surface area contributed by atoms with Gasteiger partial charge >= 0.3 is 5.97 Å². The highest BCUT2D eigenvalue weighted by Gasteiger charge is 2.13. The summed E-state index contributed by atoms with van der Waals surface area (Å²) in [4.78, 5) is 13.9. The molecule has 3 nitrogen and oxygen atoms in total. The number of ether oxygens (including phenoxy) is 1. The summed E-state index contributed by atoms with van der Waals surface area (Å²) in [6.45, 7) is 6.91. The number of benzene rings is 1. The molecule has 4 heteroatoms. The first-order valence-corrected chi connectivity index (χ1v) is 6.50. The van der Waals surface area contributed by atoms with Crippen molar-refractivity contribution in [3.63, 3.8) is 0 Å². The van der Waals surface area contributed by atoms with Gasteiger partial charge in [-0.2, -0.15) is 0 Å². The molecule has 0 aliphatic heterocycles. The Labute approximate surface area is 111 Å². The summed E-state index contributed by atoms with van der Waals surface area (Å²) in [7, 11) is 1.41. The van der Waals surface area contributed by atoms with Crippen LogP contribution in [0, 0.1) is 0 Å². The quantitative estimate of drug-likeness (QED) is 0.783. The Hall–Kier alpha value is -0.870. The average Bonchev–Trinajstić information content (AvgIpc) is 2.35. The second-order valence-corrected chi connectivity index (χ2v) is 4.67. The van der Waals surface area contributed by atoms with Crippen molar-refractivity contribution in [2.45, 2.75) is 20.4 Å². The van der Waals surface area contributed by atoms with Crippen LogP contribution in [0.4, 0.5) is 0 Å². The molecule has 0 saturated carbocycles. The fourth-order valence-electron chi connectivity index (χ4n) is 1.69. The van der Waals surface area contributed by atoms with E-state index in [4.69, 9.17) is 4.74 Å². The van der Waals surface area contributed by atoms with Gasteiger partial charge in [0.1, 0.15) is 0 Å². The highest BCUT2D eigenvalue weighted by Crippen LogP contribution is 2.19. The molecule has 0 saturated heterocycles. The maximum Gasteiger partial charge on any atom is 0.338 e. The fraction of sp³-hybridized carbons (Fsp3) is 0.462. The van der Waals surface area contributed by atoms with E-state index < -0.39 is 0 Å². The third-order valence-electron chi connectivity index (χ3n) is 2.76. The van der Waals surface area contributed by atoms with E-state index in [0.717, 1.165) is 29.7 Å². The number of hydrogen-bond acceptors (Lipinski definition) is 3. The van der Waals surface area contributed by atoms with Crippen molar-refractivity contribution in [2.75, 3.05) is 20.2 Å². The second-order valence-electron chi connectivity index (χ2n) is 3.75. The summed E-state index contributed by atoms with van der Waals surface area (Å²) in [6, 6.07) is 5.64. The van der Waals surface area contributed by atoms with Crippen molar-refractivity contribution < 1.29 is 9.53 Å². The van der Waals surface area contributed by atoms with Gasteiger partial charge in [0.05, 0.1) is 12.7 Å². The lowest BCUT2D eigenvalue weighted by Crippen LogP contribution is -2.23. The number of hydrogen-bond donors (Lipinski definition) is 0. The predicted octanol–water partition coefficient (Wildman–Crippen LogP) is 3.08. The first kappa shape index (κ1) is 14.2. The van der Waals surface area contributed by atoms with Crippen LogP contribution in [0.3, 0.4) is 0 Å². The standard InChI is InChI=1S/C13H18BrNO2/c1-4-15(5-2)9-10-8-11(14)6-7-12(10)13(16)17-3/h6-8H,4-5,9H2,1-3H3. The molecule has 1 aromatic carbocycles. The average molecular weight is 300 g/mol. The fourth-order valence-corrected chi connectivity index (χ4v) is 2.10. The SMILES string of the molecule is CCN(CC)Cc1cc(Br)ccc1C(=O)OC. The van der Waals surface area contributed by atoms with Crippen LogP contribution in [0.1, 0.15) is 29.8 Å². The highest BCUT2D eigenvalue weighted by atomic mass is 79.9. The Bertz CT molecular complexity index is 389. The number of carbonyl (C=O) groups excluding carboxylic acids is 1. The van der Waals surface area contributed by atoms with Crippen molar-refractivity contribution in [2.24, 2.45) is 0 Å². The molecule has 0 unspecified atom stereocenters. The van der Waals surface area contributed by atoms with E-state index in [1.165, 1.54) is 7.11 Å². The van der Waals surface area contributed by atoms with Gasteiger partial charge in [0.15, 0.2) is 0 Å². The normalized spacial score (nSPS) is 10.6. The molecule has 0 aliphatic carbocycles. The van der Waals surface area contributed by atoms with Crippen molar-refractivity contribution in [1.82, 2.24) is 4.90 Å². The molecule has 0 aromatic heterocycles. The van der Waals surface area contributed by atoms with E-state index in [1.54, 1.807) is 6.07 Å². The number of halogens is 1. The summed E-state index contributed by atoms with van der Waals surface area (Å²) in [5.74, 6) is -0.278. The number of methoxy groups -OCH3 is 1. The summed E-state index contributed by atoms with van der Waals surface area (Å²) in [5.41, 5.74) is 1.64. The van der Waals surface area contributed by atoms with Crippen molar-refractivity contribution in [3.05, 3.63) is 33.8 Å². The zero-order valence-electron chi connectivity index (χ0n) is 10.5. The first-order valence-electron chi connectivity index (χ1n) is 5.71. The van der Waals surface area contributed by atoms with E-state index in [1.807, 2.05) is 12.1 Å². The van der Waals surface area contributed by atoms with E-state index in [0.29, 0.717) is 5.56 Å². The number of carbonyl (C=O) groups is 1. The third kappa shape index (κ3) is 3.82. The van der Waals surface area contributed by atoms with Gasteiger partial charge in [-0.15, -0.1) is 0 Å². The lowest BCUT2D eigenvalue weighted by atomic mass is 10.1. The molecule has 0 amide bonds. The minimum Gasteiger partial charge on any atom is -0.465 e. The van der Waals surface area contributed by atoms with Crippen LogP contribution in [0.25, 0.3) is 0 Å². The lowest BCUT2D eigenvalue weighted by Gasteiger charge is -2.19. The third-order valence-corrected chi connectivity index (χ3v) is 3.25. The first-order chi connectivity index (χ1) is 8.12. The monoisotopic (exact) mass is 299 g/mol. The highest BCUT2D eigenvalue weighted by molar-refractivity contribution is 9.10. The smallest absolute Gasteiger partial charge is 0.338 e. The number of esters is 1. The number of nitrogens with zero attached hydrogens (tertiary/aromatic N) is 1. The van der Waals surface area contributed by atoms with Gasteiger partial charge in [-0.25, -0.2) is 4.79 Å². The molecule has 0 heterocycles. The van der Waals surface area contributed by atoms with Crippen LogP contribution < -0.4 is 0 Å². The molecule has 0 spiro atoms. The molecule has 0 fully saturated rings. The summed E-state index contributed by atoms with van der Waals surface area (Å²) in [5, 5.41) is 0. The maximum absolute atomic E-state index is 11.6. The Balaban J connectivity index is 3.02. The van der Waals surface area contributed by atoms with Gasteiger partial charge in [0, 0.05) is 11.0 Å². The summed E-state index contributed by atoms with van der Waals surface area (Å²) < 4.78 is 5.77. The van der Waals surface area contributed by atoms with Gasteiger partial charge in [0.25, 0.3) is 0 Å². The lowest BCUT2D eigenvalue weighted by molar-refractivity contribution is 0.0598. The molecule has 0 atom stereocenters. The van der Waals surface area contributed by atoms with Crippen molar-refractivity contribution in [1.29, 1.82) is 0 Å². The molecule has 0 aliphatic rings. The Morgan fingerprint density at radius 3 is 2.53 bits per heavy atom. The Morgan fingerprint density at radius 1 is 1.35 bits per heavy atom. The van der Waals surface area contributed by atoms with E-state index in [9.17, 15) is 4.79 Å². The maximum atomic E-state index is 11.6. The summed E-state index contributed by atoms with van der Waals surface area (Å²) in [6.07, 6.45) is 0. The van der Waals surface area contributed by atoms with Crippen LogP contribution in [0.5, 0.6) is 0 Å². The van der Waals surface area contributed by atoms with Gasteiger partial charge in [0.2, 0.25) is 0 Å². The molecular formula is C13H18BrNO2. The molecule has 94 valence electrons. The molecule has 17 heavy (non-hydrogen) atoms. The van der Waals surface area contributed by atoms with Crippen LogP contribution in [0.15, 0.2) is 22.7 Å². The number of rotatable bonds is 5. The second kappa shape index (κ2) is 6.77. The van der Waals surface area contributed by atoms with Crippen LogP contribution in [-0.2, 0) is 11.3 Å². The van der Waals surface area contributed by atoms with E-state index in [2.05, 4.69) is 34.7 Å². The van der Waals surface area contributed by atoms with Crippen molar-refractivity contribution in [3.8, 4) is 0 Å². The minimum atomic E-state index is -0.278. The molecular weight excluding hydrogens is 282 g/mol. The van der Waals surface area contributed by atoms with Gasteiger partial charge in [-0.3, -0.25) is 4.90 Å².